The van der Waals surface area contributed by atoms with Crippen molar-refractivity contribution < 1.29 is 0 Å². The Morgan fingerprint density at radius 1 is 1.35 bits per heavy atom. The van der Waals surface area contributed by atoms with Crippen LogP contribution in [0.1, 0.15) is 50.6 Å². The van der Waals surface area contributed by atoms with Gasteiger partial charge in [0.1, 0.15) is 0 Å². The highest BCUT2D eigenvalue weighted by molar-refractivity contribution is 8.00. The molecule has 6 heteroatoms. The summed E-state index contributed by atoms with van der Waals surface area (Å²) >= 11 is 2.07. The molecule has 0 bridgehead atoms. The van der Waals surface area contributed by atoms with E-state index in [1.165, 1.54) is 35.5 Å². The smallest absolute Gasteiger partial charge is 0.191 e. The minimum absolute atomic E-state index is 0.342. The first-order valence-electron chi connectivity index (χ1n) is 8.65. The topological polar surface area (TPSA) is 54.2 Å². The van der Waals surface area contributed by atoms with Gasteiger partial charge in [-0.05, 0) is 38.4 Å². The summed E-state index contributed by atoms with van der Waals surface area (Å²) in [5.41, 5.74) is 3.82. The summed E-state index contributed by atoms with van der Waals surface area (Å²) in [7, 11) is 3.87. The lowest BCUT2D eigenvalue weighted by molar-refractivity contribution is 0.584. The number of aryl methyl sites for hydroxylation is 2. The van der Waals surface area contributed by atoms with E-state index in [0.29, 0.717) is 4.75 Å². The molecular weight excluding hydrogens is 306 g/mol. The Morgan fingerprint density at radius 3 is 2.70 bits per heavy atom. The number of hydrogen-bond acceptors (Lipinski definition) is 3. The Kier molecular flexibility index (Phi) is 6.39. The zero-order chi connectivity index (χ0) is 16.9. The standard InChI is InChI=1S/C17H31N5S/c1-6-14-13(15(7-2)22(5)21-14)11-19-16(18-4)20-12-17(3)9-8-10-23-17/h6-12H2,1-5H3,(H2,18,19,20). The Hall–Kier alpha value is -1.17. The van der Waals surface area contributed by atoms with Crippen molar-refractivity contribution in [2.75, 3.05) is 19.3 Å². The predicted molar refractivity (Wildman–Crippen MR) is 100 cm³/mol. The number of nitrogens with zero attached hydrogens (tertiary/aromatic N) is 3. The number of thioether (sulfide) groups is 1. The molecule has 0 aliphatic carbocycles. The van der Waals surface area contributed by atoms with Crippen LogP contribution in [0.2, 0.25) is 0 Å². The summed E-state index contributed by atoms with van der Waals surface area (Å²) in [4.78, 5) is 4.37. The lowest BCUT2D eigenvalue weighted by Gasteiger charge is -2.24. The molecule has 1 aliphatic rings. The summed E-state index contributed by atoms with van der Waals surface area (Å²) in [6.07, 6.45) is 4.57. The third-order valence-electron chi connectivity index (χ3n) is 4.61. The zero-order valence-electron chi connectivity index (χ0n) is 15.2. The molecule has 130 valence electrons. The number of hydrogen-bond donors (Lipinski definition) is 2. The summed E-state index contributed by atoms with van der Waals surface area (Å²) in [5, 5.41) is 11.6. The van der Waals surface area contributed by atoms with Crippen molar-refractivity contribution >= 4 is 17.7 Å². The molecule has 2 N–H and O–H groups in total. The fourth-order valence-corrected chi connectivity index (χ4v) is 4.48. The van der Waals surface area contributed by atoms with E-state index in [1.54, 1.807) is 0 Å². The molecule has 0 spiro atoms. The van der Waals surface area contributed by atoms with E-state index in [-0.39, 0.29) is 0 Å². The summed E-state index contributed by atoms with van der Waals surface area (Å²) in [6.45, 7) is 8.44. The molecule has 2 heterocycles. The van der Waals surface area contributed by atoms with Crippen LogP contribution in [0.3, 0.4) is 0 Å². The predicted octanol–water partition coefficient (Wildman–Crippen LogP) is 2.50. The molecule has 2 rings (SSSR count). The van der Waals surface area contributed by atoms with E-state index in [0.717, 1.165) is 31.9 Å². The second-order valence-corrected chi connectivity index (χ2v) is 8.07. The van der Waals surface area contributed by atoms with Gasteiger partial charge in [-0.2, -0.15) is 16.9 Å². The maximum atomic E-state index is 4.64. The fourth-order valence-electron chi connectivity index (χ4n) is 3.23. The molecule has 1 saturated heterocycles. The van der Waals surface area contributed by atoms with E-state index in [9.17, 15) is 0 Å². The molecule has 1 aliphatic heterocycles. The third kappa shape index (κ3) is 4.43. The average molecular weight is 338 g/mol. The number of aliphatic imine (C=N–C) groups is 1. The highest BCUT2D eigenvalue weighted by Gasteiger charge is 2.29. The van der Waals surface area contributed by atoms with Gasteiger partial charge in [-0.3, -0.25) is 9.67 Å². The molecule has 0 radical (unpaired) electrons. The largest absolute Gasteiger partial charge is 0.355 e. The van der Waals surface area contributed by atoms with Gasteiger partial charge >= 0.3 is 0 Å². The molecule has 1 aromatic rings. The Labute approximate surface area is 144 Å². The molecular formula is C17H31N5S. The molecule has 23 heavy (non-hydrogen) atoms. The molecule has 1 aromatic heterocycles. The molecule has 1 unspecified atom stereocenters. The van der Waals surface area contributed by atoms with Gasteiger partial charge in [0.15, 0.2) is 5.96 Å². The summed E-state index contributed by atoms with van der Waals surface area (Å²) in [6, 6.07) is 0. The second kappa shape index (κ2) is 8.08. The van der Waals surface area contributed by atoms with Crippen molar-refractivity contribution in [3.8, 4) is 0 Å². The number of aromatic nitrogens is 2. The molecule has 1 fully saturated rings. The number of rotatable bonds is 6. The first-order valence-corrected chi connectivity index (χ1v) is 9.63. The van der Waals surface area contributed by atoms with Crippen LogP contribution in [0.5, 0.6) is 0 Å². The van der Waals surface area contributed by atoms with Crippen LogP contribution in [0, 0.1) is 0 Å². The summed E-state index contributed by atoms with van der Waals surface area (Å²) < 4.78 is 2.36. The van der Waals surface area contributed by atoms with Crippen molar-refractivity contribution in [2.24, 2.45) is 12.0 Å². The minimum Gasteiger partial charge on any atom is -0.355 e. The van der Waals surface area contributed by atoms with Crippen molar-refractivity contribution in [1.82, 2.24) is 20.4 Å². The van der Waals surface area contributed by atoms with Crippen LogP contribution in [0.4, 0.5) is 0 Å². The van der Waals surface area contributed by atoms with E-state index >= 15 is 0 Å². The maximum Gasteiger partial charge on any atom is 0.191 e. The Balaban J connectivity index is 1.95. The van der Waals surface area contributed by atoms with Crippen LogP contribution < -0.4 is 10.6 Å². The van der Waals surface area contributed by atoms with Crippen LogP contribution in [0.15, 0.2) is 4.99 Å². The quantitative estimate of drug-likeness (QED) is 0.619. The normalized spacial score (nSPS) is 21.7. The van der Waals surface area contributed by atoms with Crippen molar-refractivity contribution in [3.05, 3.63) is 17.0 Å². The maximum absolute atomic E-state index is 4.64. The van der Waals surface area contributed by atoms with Gasteiger partial charge in [0, 0.05) is 43.2 Å². The van der Waals surface area contributed by atoms with Crippen molar-refractivity contribution in [2.45, 2.75) is 57.7 Å². The van der Waals surface area contributed by atoms with E-state index in [2.05, 4.69) is 53.3 Å². The Bertz CT molecular complexity index is 543. The van der Waals surface area contributed by atoms with Gasteiger partial charge in [-0.15, -0.1) is 0 Å². The molecule has 0 saturated carbocycles. The van der Waals surface area contributed by atoms with E-state index < -0.39 is 0 Å². The molecule has 0 aromatic carbocycles. The van der Waals surface area contributed by atoms with Crippen LogP contribution in [0.25, 0.3) is 0 Å². The van der Waals surface area contributed by atoms with Crippen molar-refractivity contribution in [1.29, 1.82) is 0 Å². The lowest BCUT2D eigenvalue weighted by Crippen LogP contribution is -2.43. The fraction of sp³-hybridized carbons (Fsp3) is 0.765. The zero-order valence-corrected chi connectivity index (χ0v) is 16.0. The second-order valence-electron chi connectivity index (χ2n) is 6.38. The number of guanidine groups is 1. The number of nitrogens with one attached hydrogen (secondary N) is 2. The van der Waals surface area contributed by atoms with Crippen LogP contribution in [-0.4, -0.2) is 39.8 Å². The van der Waals surface area contributed by atoms with Gasteiger partial charge in [0.2, 0.25) is 0 Å². The highest BCUT2D eigenvalue weighted by Crippen LogP contribution is 2.36. The average Bonchev–Trinajstić information content (AvgIpc) is 3.11. The van der Waals surface area contributed by atoms with Gasteiger partial charge in [-0.25, -0.2) is 0 Å². The monoisotopic (exact) mass is 337 g/mol. The van der Waals surface area contributed by atoms with Gasteiger partial charge in [0.05, 0.1) is 5.69 Å². The van der Waals surface area contributed by atoms with Gasteiger partial charge in [-0.1, -0.05) is 13.8 Å². The first-order chi connectivity index (χ1) is 11.0. The SMILES string of the molecule is CCc1nn(C)c(CC)c1CNC(=NC)NCC1(C)CCCS1. The molecule has 5 nitrogen and oxygen atoms in total. The van der Waals surface area contributed by atoms with Gasteiger partial charge < -0.3 is 10.6 Å². The molecule has 1 atom stereocenters. The summed E-state index contributed by atoms with van der Waals surface area (Å²) in [5.74, 6) is 2.16. The van der Waals surface area contributed by atoms with E-state index in [1.807, 2.05) is 18.8 Å². The minimum atomic E-state index is 0.342. The first kappa shape index (κ1) is 18.2. The van der Waals surface area contributed by atoms with Gasteiger partial charge in [0.25, 0.3) is 0 Å². The Morgan fingerprint density at radius 2 is 2.13 bits per heavy atom. The van der Waals surface area contributed by atoms with E-state index in [4.69, 9.17) is 0 Å². The lowest BCUT2D eigenvalue weighted by atomic mass is 10.1. The van der Waals surface area contributed by atoms with Crippen LogP contribution >= 0.6 is 11.8 Å². The van der Waals surface area contributed by atoms with Crippen LogP contribution in [-0.2, 0) is 26.4 Å². The molecule has 0 amide bonds. The van der Waals surface area contributed by atoms with Crippen molar-refractivity contribution in [3.63, 3.8) is 0 Å². The third-order valence-corrected chi connectivity index (χ3v) is 6.15. The highest BCUT2D eigenvalue weighted by atomic mass is 32.2.